The summed E-state index contributed by atoms with van der Waals surface area (Å²) in [6.07, 6.45) is 2.34. The zero-order valence-electron chi connectivity index (χ0n) is 17.5. The molecule has 2 saturated heterocycles. The first kappa shape index (κ1) is 21.1. The van der Waals surface area contributed by atoms with E-state index < -0.39 is 6.04 Å². The smallest absolute Gasteiger partial charge is 0.257 e. The molecule has 0 bridgehead atoms. The van der Waals surface area contributed by atoms with Gasteiger partial charge in [0.15, 0.2) is 0 Å². The van der Waals surface area contributed by atoms with Gasteiger partial charge in [0.25, 0.3) is 5.91 Å². The molecule has 1 N–H and O–H groups in total. The summed E-state index contributed by atoms with van der Waals surface area (Å²) in [5, 5.41) is 2.93. The Morgan fingerprint density at radius 3 is 2.52 bits per heavy atom. The van der Waals surface area contributed by atoms with Crippen molar-refractivity contribution in [2.45, 2.75) is 64.6 Å². The van der Waals surface area contributed by atoms with Crippen LogP contribution in [0.15, 0.2) is 24.3 Å². The summed E-state index contributed by atoms with van der Waals surface area (Å²) in [5.41, 5.74) is 0.569. The Morgan fingerprint density at radius 1 is 1.17 bits per heavy atom. The maximum absolute atomic E-state index is 13.0. The van der Waals surface area contributed by atoms with E-state index in [1.807, 2.05) is 43.9 Å². The fourth-order valence-electron chi connectivity index (χ4n) is 4.24. The molecule has 0 aromatic heterocycles. The lowest BCUT2D eigenvalue weighted by atomic mass is 10.0. The predicted molar refractivity (Wildman–Crippen MR) is 110 cm³/mol. The number of para-hydroxylation sites is 1. The van der Waals surface area contributed by atoms with Crippen LogP contribution in [-0.2, 0) is 9.59 Å². The van der Waals surface area contributed by atoms with Gasteiger partial charge in [0, 0.05) is 31.6 Å². The molecule has 158 valence electrons. The zero-order chi connectivity index (χ0) is 21.0. The highest BCUT2D eigenvalue weighted by molar-refractivity contribution is 5.97. The van der Waals surface area contributed by atoms with E-state index in [1.54, 1.807) is 11.0 Å². The van der Waals surface area contributed by atoms with E-state index in [4.69, 9.17) is 4.74 Å². The van der Waals surface area contributed by atoms with Crippen molar-refractivity contribution in [3.8, 4) is 5.75 Å². The number of piperidine rings is 1. The number of hydrogen-bond acceptors (Lipinski definition) is 4. The van der Waals surface area contributed by atoms with E-state index in [1.165, 1.54) is 0 Å². The number of rotatable bonds is 6. The van der Waals surface area contributed by atoms with Crippen molar-refractivity contribution in [1.29, 1.82) is 0 Å². The third kappa shape index (κ3) is 4.71. The fraction of sp³-hybridized carbons (Fsp3) is 0.591. The summed E-state index contributed by atoms with van der Waals surface area (Å²) < 4.78 is 5.59. The summed E-state index contributed by atoms with van der Waals surface area (Å²) in [6.45, 7) is 7.36. The Labute approximate surface area is 172 Å². The fourth-order valence-corrected chi connectivity index (χ4v) is 4.24. The van der Waals surface area contributed by atoms with Crippen LogP contribution in [0.5, 0.6) is 5.75 Å². The van der Waals surface area contributed by atoms with Gasteiger partial charge in [-0.2, -0.15) is 0 Å². The number of nitrogens with zero attached hydrogens (tertiary/aromatic N) is 2. The number of carbonyl (C=O) groups excluding carboxylic acids is 3. The van der Waals surface area contributed by atoms with Crippen LogP contribution in [0.4, 0.5) is 0 Å². The summed E-state index contributed by atoms with van der Waals surface area (Å²) in [7, 11) is 0. The van der Waals surface area contributed by atoms with E-state index in [2.05, 4.69) is 5.32 Å². The lowest BCUT2D eigenvalue weighted by Gasteiger charge is -2.39. The molecular weight excluding hydrogens is 370 g/mol. The molecule has 3 amide bonds. The van der Waals surface area contributed by atoms with Crippen molar-refractivity contribution in [3.63, 3.8) is 0 Å². The molecule has 1 unspecified atom stereocenters. The normalized spacial score (nSPS) is 20.3. The molecule has 1 aromatic rings. The third-order valence-corrected chi connectivity index (χ3v) is 5.55. The maximum Gasteiger partial charge on any atom is 0.257 e. The van der Waals surface area contributed by atoms with Gasteiger partial charge in [-0.3, -0.25) is 14.4 Å². The number of nitrogens with one attached hydrogen (secondary N) is 1. The minimum absolute atomic E-state index is 0.000835. The van der Waals surface area contributed by atoms with Crippen LogP contribution in [0.2, 0.25) is 0 Å². The highest BCUT2D eigenvalue weighted by Crippen LogP contribution is 2.29. The van der Waals surface area contributed by atoms with Crippen LogP contribution in [0, 0.1) is 0 Å². The lowest BCUT2D eigenvalue weighted by molar-refractivity contribution is -0.138. The second kappa shape index (κ2) is 9.29. The van der Waals surface area contributed by atoms with Crippen molar-refractivity contribution in [1.82, 2.24) is 15.1 Å². The van der Waals surface area contributed by atoms with Crippen LogP contribution >= 0.6 is 0 Å². The highest BCUT2D eigenvalue weighted by atomic mass is 16.5. The van der Waals surface area contributed by atoms with Crippen LogP contribution < -0.4 is 10.1 Å². The van der Waals surface area contributed by atoms with Crippen molar-refractivity contribution < 1.29 is 19.1 Å². The molecule has 0 saturated carbocycles. The van der Waals surface area contributed by atoms with Crippen molar-refractivity contribution >= 4 is 17.7 Å². The first-order valence-electron chi connectivity index (χ1n) is 10.5. The van der Waals surface area contributed by atoms with Gasteiger partial charge < -0.3 is 19.9 Å². The summed E-state index contributed by atoms with van der Waals surface area (Å²) in [4.78, 5) is 41.6. The minimum atomic E-state index is -0.393. The van der Waals surface area contributed by atoms with Crippen molar-refractivity contribution in [3.05, 3.63) is 29.8 Å². The quantitative estimate of drug-likeness (QED) is 0.793. The first-order valence-corrected chi connectivity index (χ1v) is 10.5. The molecule has 1 atom stereocenters. The monoisotopic (exact) mass is 401 g/mol. The number of carbonyl (C=O) groups is 3. The van der Waals surface area contributed by atoms with Gasteiger partial charge in [-0.15, -0.1) is 0 Å². The molecule has 7 nitrogen and oxygen atoms in total. The van der Waals surface area contributed by atoms with Gasteiger partial charge in [0.1, 0.15) is 11.8 Å². The second-order valence-electron chi connectivity index (χ2n) is 7.97. The largest absolute Gasteiger partial charge is 0.493 e. The van der Waals surface area contributed by atoms with Gasteiger partial charge in [0.05, 0.1) is 12.2 Å². The average molecular weight is 402 g/mol. The standard InChI is InChI=1S/C22H31N3O4/c1-4-29-19-8-6-5-7-17(19)22(28)24-13-11-16(12-14-24)25-18(9-10-20(25)26)21(27)23-15(2)3/h5-8,15-16,18H,4,9-14H2,1-3H3,(H,23,27). The van der Waals surface area contributed by atoms with Crippen LogP contribution in [0.1, 0.15) is 56.8 Å². The molecule has 0 spiro atoms. The highest BCUT2D eigenvalue weighted by Gasteiger charge is 2.41. The Kier molecular flexibility index (Phi) is 6.77. The Hall–Kier alpha value is -2.57. The molecule has 7 heteroatoms. The average Bonchev–Trinajstić information content (AvgIpc) is 3.09. The predicted octanol–water partition coefficient (Wildman–Crippen LogP) is 2.21. The first-order chi connectivity index (χ1) is 13.9. The Morgan fingerprint density at radius 2 is 1.86 bits per heavy atom. The van der Waals surface area contributed by atoms with E-state index in [0.29, 0.717) is 56.7 Å². The van der Waals surface area contributed by atoms with Gasteiger partial charge in [-0.1, -0.05) is 12.1 Å². The molecule has 2 aliphatic heterocycles. The van der Waals surface area contributed by atoms with E-state index in [9.17, 15) is 14.4 Å². The number of amides is 3. The van der Waals surface area contributed by atoms with Gasteiger partial charge in [-0.25, -0.2) is 0 Å². The summed E-state index contributed by atoms with van der Waals surface area (Å²) in [6, 6.07) is 6.94. The van der Waals surface area contributed by atoms with Gasteiger partial charge >= 0.3 is 0 Å². The van der Waals surface area contributed by atoms with E-state index in [-0.39, 0.29) is 29.8 Å². The topological polar surface area (TPSA) is 79.0 Å². The number of likely N-dealkylation sites (tertiary alicyclic amines) is 2. The van der Waals surface area contributed by atoms with Gasteiger partial charge in [0.2, 0.25) is 11.8 Å². The van der Waals surface area contributed by atoms with Crippen molar-refractivity contribution in [2.75, 3.05) is 19.7 Å². The lowest BCUT2D eigenvalue weighted by Crippen LogP contribution is -2.54. The molecule has 2 heterocycles. The Balaban J connectivity index is 1.64. The molecule has 29 heavy (non-hydrogen) atoms. The molecular formula is C22H31N3O4. The molecule has 0 aliphatic carbocycles. The summed E-state index contributed by atoms with van der Waals surface area (Å²) >= 11 is 0. The Bertz CT molecular complexity index is 756. The minimum Gasteiger partial charge on any atom is -0.493 e. The molecule has 0 radical (unpaired) electrons. The number of benzene rings is 1. The van der Waals surface area contributed by atoms with E-state index >= 15 is 0 Å². The second-order valence-corrected chi connectivity index (χ2v) is 7.97. The van der Waals surface area contributed by atoms with Crippen molar-refractivity contribution in [2.24, 2.45) is 0 Å². The van der Waals surface area contributed by atoms with Crippen LogP contribution in [0.3, 0.4) is 0 Å². The van der Waals surface area contributed by atoms with E-state index in [0.717, 1.165) is 0 Å². The maximum atomic E-state index is 13.0. The molecule has 3 rings (SSSR count). The molecule has 2 aliphatic rings. The SMILES string of the molecule is CCOc1ccccc1C(=O)N1CCC(N2C(=O)CCC2C(=O)NC(C)C)CC1. The number of ether oxygens (including phenoxy) is 1. The zero-order valence-corrected chi connectivity index (χ0v) is 17.5. The van der Waals surface area contributed by atoms with Gasteiger partial charge in [-0.05, 0) is 52.2 Å². The summed E-state index contributed by atoms with van der Waals surface area (Å²) in [5.74, 6) is 0.520. The number of hydrogen-bond donors (Lipinski definition) is 1. The van der Waals surface area contributed by atoms with Crippen LogP contribution in [0.25, 0.3) is 0 Å². The van der Waals surface area contributed by atoms with Crippen LogP contribution in [-0.4, -0.2) is 65.3 Å². The molecule has 2 fully saturated rings. The third-order valence-electron chi connectivity index (χ3n) is 5.55. The molecule has 1 aromatic carbocycles.